The van der Waals surface area contributed by atoms with E-state index in [1.54, 1.807) is 7.11 Å². The molecule has 0 saturated carbocycles. The first-order chi connectivity index (χ1) is 9.74. The van der Waals surface area contributed by atoms with Gasteiger partial charge in [-0.2, -0.15) is 0 Å². The van der Waals surface area contributed by atoms with Crippen molar-refractivity contribution >= 4 is 15.9 Å². The summed E-state index contributed by atoms with van der Waals surface area (Å²) in [5, 5.41) is 0. The molecule has 4 nitrogen and oxygen atoms in total. The molecular weight excluding hydrogens is 332 g/mol. The van der Waals surface area contributed by atoms with Gasteiger partial charge in [0.2, 0.25) is 0 Å². The lowest BCUT2D eigenvalue weighted by atomic mass is 9.92. The summed E-state index contributed by atoms with van der Waals surface area (Å²) < 4.78 is 5.75. The Morgan fingerprint density at radius 2 is 1.95 bits per heavy atom. The first-order valence-corrected chi connectivity index (χ1v) is 7.48. The third-order valence-corrected chi connectivity index (χ3v) is 3.98. The number of ether oxygens (including phenoxy) is 1. The number of benzene rings is 1. The number of halogens is 1. The molecule has 5 heteroatoms. The second-order valence-electron chi connectivity index (χ2n) is 6.01. The summed E-state index contributed by atoms with van der Waals surface area (Å²) >= 11 is 3.33. The van der Waals surface area contributed by atoms with Crippen molar-refractivity contribution in [3.05, 3.63) is 44.3 Å². The van der Waals surface area contributed by atoms with E-state index < -0.39 is 0 Å². The van der Waals surface area contributed by atoms with Crippen LogP contribution in [0.15, 0.2) is 27.5 Å². The molecule has 1 heterocycles. The van der Waals surface area contributed by atoms with Crippen molar-refractivity contribution in [3.63, 3.8) is 0 Å². The third kappa shape index (κ3) is 3.18. The van der Waals surface area contributed by atoms with Gasteiger partial charge in [0.25, 0.3) is 5.56 Å². The average molecular weight is 351 g/mol. The minimum atomic E-state index is -0.219. The van der Waals surface area contributed by atoms with Crippen LogP contribution in [0.25, 0.3) is 11.4 Å². The fourth-order valence-electron chi connectivity index (χ4n) is 2.12. The van der Waals surface area contributed by atoms with E-state index in [4.69, 9.17) is 4.74 Å². The van der Waals surface area contributed by atoms with Crippen LogP contribution in [0, 0.1) is 6.92 Å². The predicted octanol–water partition coefficient (Wildman–Crippen LogP) is 3.81. The SMILES string of the molecule is COc1ccc(-c2nc(C(C)(C)C)c(Br)c(=O)[nH]2)cc1C. The zero-order valence-electron chi connectivity index (χ0n) is 12.9. The Hall–Kier alpha value is -1.62. The molecule has 1 N–H and O–H groups in total. The van der Waals surface area contributed by atoms with Crippen LogP contribution in [-0.2, 0) is 5.41 Å². The number of aryl methyl sites for hydroxylation is 1. The fourth-order valence-corrected chi connectivity index (χ4v) is 2.90. The first kappa shape index (κ1) is 15.8. The lowest BCUT2D eigenvalue weighted by Crippen LogP contribution is -2.22. The number of hydrogen-bond donors (Lipinski definition) is 1. The third-order valence-electron chi connectivity index (χ3n) is 3.24. The molecule has 112 valence electrons. The molecule has 0 aliphatic carbocycles. The highest BCUT2D eigenvalue weighted by Gasteiger charge is 2.22. The molecular formula is C16H19BrN2O2. The highest BCUT2D eigenvalue weighted by molar-refractivity contribution is 9.10. The zero-order chi connectivity index (χ0) is 15.8. The van der Waals surface area contributed by atoms with Gasteiger partial charge in [-0.1, -0.05) is 20.8 Å². The molecule has 0 bridgehead atoms. The molecule has 0 aliphatic heterocycles. The van der Waals surface area contributed by atoms with E-state index in [0.717, 1.165) is 22.6 Å². The van der Waals surface area contributed by atoms with Gasteiger partial charge in [-0.15, -0.1) is 0 Å². The van der Waals surface area contributed by atoms with Gasteiger partial charge in [0.05, 0.1) is 12.8 Å². The minimum absolute atomic E-state index is 0.168. The van der Waals surface area contributed by atoms with Crippen molar-refractivity contribution in [2.24, 2.45) is 0 Å². The Kier molecular flexibility index (Phi) is 4.23. The van der Waals surface area contributed by atoms with Crippen LogP contribution in [0.4, 0.5) is 0 Å². The Morgan fingerprint density at radius 3 is 2.48 bits per heavy atom. The van der Waals surface area contributed by atoms with Gasteiger partial charge in [0, 0.05) is 11.0 Å². The summed E-state index contributed by atoms with van der Waals surface area (Å²) in [4.78, 5) is 19.6. The van der Waals surface area contributed by atoms with E-state index in [1.165, 1.54) is 0 Å². The fraction of sp³-hybridized carbons (Fsp3) is 0.375. The van der Waals surface area contributed by atoms with Gasteiger partial charge in [-0.25, -0.2) is 4.98 Å². The molecule has 0 spiro atoms. The van der Waals surface area contributed by atoms with Crippen LogP contribution >= 0.6 is 15.9 Å². The number of nitrogens with one attached hydrogen (secondary N) is 1. The second kappa shape index (κ2) is 5.64. The maximum absolute atomic E-state index is 12.1. The number of aromatic nitrogens is 2. The van der Waals surface area contributed by atoms with E-state index in [9.17, 15) is 4.79 Å². The molecule has 0 radical (unpaired) electrons. The van der Waals surface area contributed by atoms with Crippen molar-refractivity contribution in [2.45, 2.75) is 33.1 Å². The molecule has 2 aromatic rings. The molecule has 0 unspecified atom stereocenters. The van der Waals surface area contributed by atoms with E-state index in [1.807, 2.05) is 45.9 Å². The number of hydrogen-bond acceptors (Lipinski definition) is 3. The van der Waals surface area contributed by atoms with Crippen molar-refractivity contribution in [1.82, 2.24) is 9.97 Å². The van der Waals surface area contributed by atoms with Crippen LogP contribution in [0.5, 0.6) is 5.75 Å². The molecule has 0 atom stereocenters. The highest BCUT2D eigenvalue weighted by Crippen LogP contribution is 2.28. The standard InChI is InChI=1S/C16H19BrN2O2/c1-9-8-10(6-7-11(9)21-5)14-18-13(16(2,3)4)12(17)15(20)19-14/h6-8H,1-5H3,(H,18,19,20). The van der Waals surface area contributed by atoms with Crippen molar-refractivity contribution in [3.8, 4) is 17.1 Å². The van der Waals surface area contributed by atoms with Gasteiger partial charge < -0.3 is 9.72 Å². The predicted molar refractivity (Wildman–Crippen MR) is 88.0 cm³/mol. The van der Waals surface area contributed by atoms with Crippen LogP contribution in [-0.4, -0.2) is 17.1 Å². The number of nitrogens with zero attached hydrogens (tertiary/aromatic N) is 1. The summed E-state index contributed by atoms with van der Waals surface area (Å²) in [6.45, 7) is 8.05. The van der Waals surface area contributed by atoms with E-state index in [-0.39, 0.29) is 11.0 Å². The number of methoxy groups -OCH3 is 1. The lowest BCUT2D eigenvalue weighted by Gasteiger charge is -2.19. The van der Waals surface area contributed by atoms with Crippen LogP contribution < -0.4 is 10.3 Å². The maximum Gasteiger partial charge on any atom is 0.265 e. The van der Waals surface area contributed by atoms with Gasteiger partial charge in [-0.05, 0) is 46.6 Å². The summed E-state index contributed by atoms with van der Waals surface area (Å²) in [6.07, 6.45) is 0. The van der Waals surface area contributed by atoms with Crippen molar-refractivity contribution in [2.75, 3.05) is 7.11 Å². The monoisotopic (exact) mass is 350 g/mol. The average Bonchev–Trinajstić information content (AvgIpc) is 2.40. The topological polar surface area (TPSA) is 55.0 Å². The molecule has 0 fully saturated rings. The number of aromatic amines is 1. The summed E-state index contributed by atoms with van der Waals surface area (Å²) in [7, 11) is 1.64. The van der Waals surface area contributed by atoms with E-state index in [0.29, 0.717) is 10.3 Å². The van der Waals surface area contributed by atoms with E-state index >= 15 is 0 Å². The molecule has 1 aromatic carbocycles. The van der Waals surface area contributed by atoms with Crippen molar-refractivity contribution in [1.29, 1.82) is 0 Å². The molecule has 0 saturated heterocycles. The first-order valence-electron chi connectivity index (χ1n) is 6.69. The van der Waals surface area contributed by atoms with E-state index in [2.05, 4.69) is 25.9 Å². The summed E-state index contributed by atoms with van der Waals surface area (Å²) in [5.41, 5.74) is 2.22. The molecule has 0 amide bonds. The minimum Gasteiger partial charge on any atom is -0.496 e. The Morgan fingerprint density at radius 1 is 1.29 bits per heavy atom. The highest BCUT2D eigenvalue weighted by atomic mass is 79.9. The normalized spacial score (nSPS) is 11.5. The van der Waals surface area contributed by atoms with Gasteiger partial charge >= 0.3 is 0 Å². The quantitative estimate of drug-likeness (QED) is 0.895. The number of H-pyrrole nitrogens is 1. The van der Waals surface area contributed by atoms with Gasteiger partial charge in [-0.3, -0.25) is 4.79 Å². The molecule has 1 aromatic heterocycles. The van der Waals surface area contributed by atoms with Crippen LogP contribution in [0.2, 0.25) is 0 Å². The summed E-state index contributed by atoms with van der Waals surface area (Å²) in [6, 6.07) is 5.73. The van der Waals surface area contributed by atoms with Gasteiger partial charge in [0.1, 0.15) is 16.0 Å². The molecule has 2 rings (SSSR count). The molecule has 0 aliphatic rings. The molecule has 21 heavy (non-hydrogen) atoms. The second-order valence-corrected chi connectivity index (χ2v) is 6.80. The Bertz CT molecular complexity index is 730. The lowest BCUT2D eigenvalue weighted by molar-refractivity contribution is 0.412. The smallest absolute Gasteiger partial charge is 0.265 e. The van der Waals surface area contributed by atoms with Crippen molar-refractivity contribution < 1.29 is 4.74 Å². The zero-order valence-corrected chi connectivity index (χ0v) is 14.5. The Labute approximate surface area is 132 Å². The Balaban J connectivity index is 2.63. The number of rotatable bonds is 2. The van der Waals surface area contributed by atoms with Gasteiger partial charge in [0.15, 0.2) is 0 Å². The van der Waals surface area contributed by atoms with Crippen LogP contribution in [0.1, 0.15) is 32.0 Å². The maximum atomic E-state index is 12.1. The van der Waals surface area contributed by atoms with Crippen LogP contribution in [0.3, 0.4) is 0 Å². The largest absolute Gasteiger partial charge is 0.496 e. The summed E-state index contributed by atoms with van der Waals surface area (Å²) in [5.74, 6) is 1.38.